The van der Waals surface area contributed by atoms with Crippen LogP contribution < -0.4 is 5.32 Å². The van der Waals surface area contributed by atoms with Crippen molar-refractivity contribution in [1.29, 1.82) is 0 Å². The van der Waals surface area contributed by atoms with Crippen LogP contribution in [0.4, 0.5) is 5.69 Å². The van der Waals surface area contributed by atoms with Gasteiger partial charge in [-0.2, -0.15) is 0 Å². The molecule has 0 aliphatic carbocycles. The van der Waals surface area contributed by atoms with E-state index in [4.69, 9.17) is 5.11 Å². The minimum atomic E-state index is -0.908. The number of hydrogen-bond acceptors (Lipinski definition) is 3. The number of hydrogen-bond donors (Lipinski definition) is 3. The van der Waals surface area contributed by atoms with E-state index >= 15 is 0 Å². The number of phenolic OH excluding ortho intramolecular Hbond substituents is 1. The van der Waals surface area contributed by atoms with Crippen molar-refractivity contribution in [2.24, 2.45) is 5.41 Å². The number of nitrogens with one attached hydrogen (secondary N) is 1. The van der Waals surface area contributed by atoms with Gasteiger partial charge in [-0.1, -0.05) is 19.9 Å². The Hall–Kier alpha value is -2.04. The normalized spacial score (nSPS) is 13.6. The van der Waals surface area contributed by atoms with E-state index in [0.29, 0.717) is 12.1 Å². The molecule has 5 nitrogen and oxygen atoms in total. The van der Waals surface area contributed by atoms with Crippen LogP contribution in [0, 0.1) is 5.41 Å². The third-order valence-corrected chi connectivity index (χ3v) is 3.15. The Balaban J connectivity index is 2.66. The Morgan fingerprint density at radius 2 is 2.00 bits per heavy atom. The molecule has 0 spiro atoms. The van der Waals surface area contributed by atoms with Crippen LogP contribution in [0.3, 0.4) is 0 Å². The molecule has 1 amide bonds. The van der Waals surface area contributed by atoms with Crippen LogP contribution in [-0.2, 0) is 9.59 Å². The Kier molecular flexibility index (Phi) is 4.92. The van der Waals surface area contributed by atoms with Crippen molar-refractivity contribution in [2.75, 3.05) is 5.32 Å². The summed E-state index contributed by atoms with van der Waals surface area (Å²) in [5, 5.41) is 20.8. The summed E-state index contributed by atoms with van der Waals surface area (Å²) in [6, 6.07) is 6.24. The predicted molar refractivity (Wildman–Crippen MR) is 72.0 cm³/mol. The molecule has 0 unspecified atom stereocenters. The van der Waals surface area contributed by atoms with Crippen molar-refractivity contribution in [2.45, 2.75) is 33.1 Å². The zero-order valence-electron chi connectivity index (χ0n) is 11.1. The molecule has 3 N–H and O–H groups in total. The zero-order valence-corrected chi connectivity index (χ0v) is 11.1. The van der Waals surface area contributed by atoms with Crippen LogP contribution >= 0.6 is 0 Å². The number of amides is 1. The van der Waals surface area contributed by atoms with Gasteiger partial charge in [0.2, 0.25) is 5.91 Å². The summed E-state index contributed by atoms with van der Waals surface area (Å²) < 4.78 is 0. The third-order valence-electron chi connectivity index (χ3n) is 3.15. The summed E-state index contributed by atoms with van der Waals surface area (Å²) in [5.74, 6) is -1.09. The van der Waals surface area contributed by atoms with Gasteiger partial charge in [-0.3, -0.25) is 9.59 Å². The van der Waals surface area contributed by atoms with Gasteiger partial charge in [0, 0.05) is 18.2 Å². The average Bonchev–Trinajstić information content (AvgIpc) is 2.27. The topological polar surface area (TPSA) is 86.6 Å². The molecule has 1 aromatic rings. The minimum absolute atomic E-state index is 0.0447. The molecule has 104 valence electrons. The van der Waals surface area contributed by atoms with Crippen molar-refractivity contribution in [3.63, 3.8) is 0 Å². The first-order chi connectivity index (χ1) is 8.84. The second kappa shape index (κ2) is 6.22. The number of carbonyl (C=O) groups excluding carboxylic acids is 1. The molecule has 19 heavy (non-hydrogen) atoms. The summed E-state index contributed by atoms with van der Waals surface area (Å²) in [7, 11) is 0. The van der Waals surface area contributed by atoms with Crippen LogP contribution in [-0.4, -0.2) is 22.1 Å². The molecule has 1 rings (SSSR count). The number of rotatable bonds is 6. The molecule has 0 saturated heterocycles. The van der Waals surface area contributed by atoms with Crippen molar-refractivity contribution in [3.8, 4) is 5.75 Å². The molecule has 0 heterocycles. The molecule has 5 heteroatoms. The molecule has 0 aliphatic rings. The monoisotopic (exact) mass is 265 g/mol. The minimum Gasteiger partial charge on any atom is -0.508 e. The SMILES string of the molecule is CC[C@](C)(CC(=O)O)CC(=O)Nc1cccc(O)c1. The van der Waals surface area contributed by atoms with Crippen LogP contribution in [0.5, 0.6) is 5.75 Å². The number of phenols is 1. The molecular formula is C14H19NO4. The quantitative estimate of drug-likeness (QED) is 0.738. The van der Waals surface area contributed by atoms with E-state index < -0.39 is 11.4 Å². The smallest absolute Gasteiger partial charge is 0.303 e. The Morgan fingerprint density at radius 3 is 2.53 bits per heavy atom. The Morgan fingerprint density at radius 1 is 1.32 bits per heavy atom. The molecule has 1 aromatic carbocycles. The number of anilines is 1. The zero-order chi connectivity index (χ0) is 14.5. The second-order valence-corrected chi connectivity index (χ2v) is 5.01. The van der Waals surface area contributed by atoms with Gasteiger partial charge in [0.05, 0.1) is 6.42 Å². The molecule has 0 fully saturated rings. The molecule has 0 saturated carbocycles. The van der Waals surface area contributed by atoms with E-state index in [1.54, 1.807) is 19.1 Å². The van der Waals surface area contributed by atoms with E-state index in [0.717, 1.165) is 0 Å². The lowest BCUT2D eigenvalue weighted by Crippen LogP contribution is -2.27. The highest BCUT2D eigenvalue weighted by Gasteiger charge is 2.28. The predicted octanol–water partition coefficient (Wildman–Crippen LogP) is 2.61. The molecular weight excluding hydrogens is 246 g/mol. The standard InChI is InChI=1S/C14H19NO4/c1-3-14(2,9-13(18)19)8-12(17)15-10-5-4-6-11(16)7-10/h4-7,16H,3,8-9H2,1-2H3,(H,15,17)(H,18,19)/t14-/m0/s1. The molecule has 1 atom stereocenters. The fraction of sp³-hybridized carbons (Fsp3) is 0.429. The third kappa shape index (κ3) is 4.99. The maximum atomic E-state index is 11.9. The largest absolute Gasteiger partial charge is 0.508 e. The summed E-state index contributed by atoms with van der Waals surface area (Å²) >= 11 is 0. The number of aliphatic carboxylic acids is 1. The van der Waals surface area contributed by atoms with Gasteiger partial charge in [0.15, 0.2) is 0 Å². The van der Waals surface area contributed by atoms with E-state index in [1.165, 1.54) is 12.1 Å². The van der Waals surface area contributed by atoms with Gasteiger partial charge < -0.3 is 15.5 Å². The van der Waals surface area contributed by atoms with Gasteiger partial charge >= 0.3 is 5.97 Å². The lowest BCUT2D eigenvalue weighted by Gasteiger charge is -2.25. The highest BCUT2D eigenvalue weighted by Crippen LogP contribution is 2.30. The first-order valence-electron chi connectivity index (χ1n) is 6.15. The highest BCUT2D eigenvalue weighted by molar-refractivity contribution is 5.91. The van der Waals surface area contributed by atoms with Crippen LogP contribution in [0.15, 0.2) is 24.3 Å². The summed E-state index contributed by atoms with van der Waals surface area (Å²) in [5.41, 5.74) is -0.0639. The fourth-order valence-electron chi connectivity index (χ4n) is 1.85. The molecule has 0 bridgehead atoms. The Bertz CT molecular complexity index is 472. The van der Waals surface area contributed by atoms with E-state index in [1.807, 2.05) is 6.92 Å². The Labute approximate surface area is 112 Å². The van der Waals surface area contributed by atoms with E-state index in [9.17, 15) is 14.7 Å². The van der Waals surface area contributed by atoms with Gasteiger partial charge in [0.1, 0.15) is 5.75 Å². The van der Waals surface area contributed by atoms with Crippen LogP contribution in [0.2, 0.25) is 0 Å². The second-order valence-electron chi connectivity index (χ2n) is 5.01. The number of carboxylic acid groups (broad SMARTS) is 1. The maximum absolute atomic E-state index is 11.9. The lowest BCUT2D eigenvalue weighted by atomic mass is 9.80. The lowest BCUT2D eigenvalue weighted by molar-refractivity contribution is -0.140. The van der Waals surface area contributed by atoms with Gasteiger partial charge in [-0.15, -0.1) is 0 Å². The fourth-order valence-corrected chi connectivity index (χ4v) is 1.85. The first kappa shape index (κ1) is 15.0. The van der Waals surface area contributed by atoms with Gasteiger partial charge in [-0.05, 0) is 24.0 Å². The van der Waals surface area contributed by atoms with Crippen molar-refractivity contribution in [1.82, 2.24) is 0 Å². The number of carboxylic acids is 1. The summed E-state index contributed by atoms with van der Waals surface area (Å²) in [6.07, 6.45) is 0.690. The number of aromatic hydroxyl groups is 1. The van der Waals surface area contributed by atoms with Crippen LogP contribution in [0.1, 0.15) is 33.1 Å². The van der Waals surface area contributed by atoms with E-state index in [-0.39, 0.29) is 24.5 Å². The number of carbonyl (C=O) groups is 2. The summed E-state index contributed by atoms with van der Waals surface area (Å²) in [4.78, 5) is 22.7. The maximum Gasteiger partial charge on any atom is 0.303 e. The average molecular weight is 265 g/mol. The molecule has 0 aromatic heterocycles. The van der Waals surface area contributed by atoms with Crippen molar-refractivity contribution >= 4 is 17.6 Å². The summed E-state index contributed by atoms with van der Waals surface area (Å²) in [6.45, 7) is 3.65. The first-order valence-corrected chi connectivity index (χ1v) is 6.15. The number of benzene rings is 1. The highest BCUT2D eigenvalue weighted by atomic mass is 16.4. The van der Waals surface area contributed by atoms with Crippen molar-refractivity contribution < 1.29 is 19.8 Å². The van der Waals surface area contributed by atoms with E-state index in [2.05, 4.69) is 5.32 Å². The molecule has 0 radical (unpaired) electrons. The van der Waals surface area contributed by atoms with Gasteiger partial charge in [0.25, 0.3) is 0 Å². The van der Waals surface area contributed by atoms with Crippen molar-refractivity contribution in [3.05, 3.63) is 24.3 Å². The molecule has 0 aliphatic heterocycles. The van der Waals surface area contributed by atoms with Crippen LogP contribution in [0.25, 0.3) is 0 Å². The van der Waals surface area contributed by atoms with Gasteiger partial charge in [-0.25, -0.2) is 0 Å².